The second-order valence-electron chi connectivity index (χ2n) is 7.00. The third kappa shape index (κ3) is 4.22. The Balaban J connectivity index is 1.98. The van der Waals surface area contributed by atoms with Crippen molar-refractivity contribution in [3.8, 4) is 0 Å². The second-order valence-corrected chi connectivity index (χ2v) is 9.32. The monoisotopic (exact) mass is 370 g/mol. The Labute approximate surface area is 140 Å². The van der Waals surface area contributed by atoms with Crippen molar-refractivity contribution >= 4 is 15.7 Å². The van der Waals surface area contributed by atoms with Crippen LogP contribution < -0.4 is 10.6 Å². The minimum Gasteiger partial charge on any atom is -0.354 e. The minimum atomic E-state index is -4.20. The SMILES string of the molecule is CS(=O)(=O)C1(C(=O)NCC2CCCC(C(F)(F)F)C2)CCNCC1. The Morgan fingerprint density at radius 3 is 2.42 bits per heavy atom. The number of hydrogen-bond acceptors (Lipinski definition) is 4. The first-order valence-electron chi connectivity index (χ1n) is 8.31. The lowest BCUT2D eigenvalue weighted by atomic mass is 9.81. The standard InChI is InChI=1S/C15H25F3N2O3S/c1-24(22,23)14(5-7-19-8-6-14)13(21)20-10-11-3-2-4-12(9-11)15(16,17)18/h11-12,19H,2-10H2,1H3,(H,20,21). The van der Waals surface area contributed by atoms with Crippen molar-refractivity contribution in [2.24, 2.45) is 11.8 Å². The van der Waals surface area contributed by atoms with Crippen LogP contribution in [0, 0.1) is 11.8 Å². The highest BCUT2D eigenvalue weighted by atomic mass is 32.2. The first-order chi connectivity index (χ1) is 11.1. The maximum atomic E-state index is 12.8. The first-order valence-corrected chi connectivity index (χ1v) is 10.2. The molecule has 1 aliphatic carbocycles. The molecule has 0 spiro atoms. The predicted molar refractivity (Wildman–Crippen MR) is 84.2 cm³/mol. The van der Waals surface area contributed by atoms with Crippen LogP contribution in [0.2, 0.25) is 0 Å². The van der Waals surface area contributed by atoms with Gasteiger partial charge in [-0.3, -0.25) is 4.79 Å². The lowest BCUT2D eigenvalue weighted by Crippen LogP contribution is -2.57. The van der Waals surface area contributed by atoms with Crippen LogP contribution in [0.15, 0.2) is 0 Å². The van der Waals surface area contributed by atoms with Gasteiger partial charge in [0.1, 0.15) is 0 Å². The molecule has 2 rings (SSSR count). The zero-order valence-electron chi connectivity index (χ0n) is 13.8. The average molecular weight is 370 g/mol. The van der Waals surface area contributed by atoms with Crippen LogP contribution in [-0.4, -0.2) is 51.1 Å². The van der Waals surface area contributed by atoms with Gasteiger partial charge in [-0.05, 0) is 51.1 Å². The minimum absolute atomic E-state index is 0.00277. The molecule has 24 heavy (non-hydrogen) atoms. The molecule has 1 saturated heterocycles. The number of nitrogens with one attached hydrogen (secondary N) is 2. The summed E-state index contributed by atoms with van der Waals surface area (Å²) in [5.74, 6) is -2.15. The fourth-order valence-corrected chi connectivity index (χ4v) is 5.12. The Kier molecular flexibility index (Phi) is 5.84. The summed E-state index contributed by atoms with van der Waals surface area (Å²) in [6.45, 7) is 0.968. The Bertz CT molecular complexity index is 557. The molecule has 2 atom stereocenters. The molecule has 140 valence electrons. The van der Waals surface area contributed by atoms with E-state index in [9.17, 15) is 26.4 Å². The molecule has 1 saturated carbocycles. The Morgan fingerprint density at radius 1 is 1.25 bits per heavy atom. The summed E-state index contributed by atoms with van der Waals surface area (Å²) in [7, 11) is -3.61. The summed E-state index contributed by atoms with van der Waals surface area (Å²) < 4.78 is 61.4. The van der Waals surface area contributed by atoms with E-state index in [1.54, 1.807) is 0 Å². The van der Waals surface area contributed by atoms with Crippen molar-refractivity contribution in [1.29, 1.82) is 0 Å². The fraction of sp³-hybridized carbons (Fsp3) is 0.933. The Morgan fingerprint density at radius 2 is 1.88 bits per heavy atom. The maximum Gasteiger partial charge on any atom is 0.391 e. The van der Waals surface area contributed by atoms with Gasteiger partial charge in [0.15, 0.2) is 14.6 Å². The summed E-state index contributed by atoms with van der Waals surface area (Å²) in [6, 6.07) is 0. The highest BCUT2D eigenvalue weighted by Crippen LogP contribution is 2.39. The molecular weight excluding hydrogens is 345 g/mol. The van der Waals surface area contributed by atoms with E-state index in [-0.39, 0.29) is 38.1 Å². The maximum absolute atomic E-state index is 12.8. The molecule has 5 nitrogen and oxygen atoms in total. The molecule has 2 aliphatic rings. The van der Waals surface area contributed by atoms with E-state index in [0.29, 0.717) is 25.9 Å². The van der Waals surface area contributed by atoms with Crippen LogP contribution in [-0.2, 0) is 14.6 Å². The number of halogens is 3. The van der Waals surface area contributed by atoms with Crippen LogP contribution in [0.4, 0.5) is 13.2 Å². The topological polar surface area (TPSA) is 75.3 Å². The number of hydrogen-bond donors (Lipinski definition) is 2. The van der Waals surface area contributed by atoms with Crippen molar-refractivity contribution in [3.05, 3.63) is 0 Å². The average Bonchev–Trinajstić information content (AvgIpc) is 2.51. The van der Waals surface area contributed by atoms with Gasteiger partial charge in [-0.1, -0.05) is 6.42 Å². The summed E-state index contributed by atoms with van der Waals surface area (Å²) in [5.41, 5.74) is 0. The van der Waals surface area contributed by atoms with Crippen LogP contribution in [0.1, 0.15) is 38.5 Å². The number of rotatable bonds is 4. The number of piperidine rings is 1. The zero-order chi connectivity index (χ0) is 18.0. The molecule has 1 aliphatic heterocycles. The van der Waals surface area contributed by atoms with Crippen molar-refractivity contribution in [3.63, 3.8) is 0 Å². The van der Waals surface area contributed by atoms with Gasteiger partial charge < -0.3 is 10.6 Å². The quantitative estimate of drug-likeness (QED) is 0.789. The van der Waals surface area contributed by atoms with E-state index in [1.165, 1.54) is 0 Å². The number of amides is 1. The third-order valence-electron chi connectivity index (χ3n) is 5.33. The van der Waals surface area contributed by atoms with Crippen molar-refractivity contribution < 1.29 is 26.4 Å². The highest BCUT2D eigenvalue weighted by molar-refractivity contribution is 7.92. The van der Waals surface area contributed by atoms with Crippen molar-refractivity contribution in [2.75, 3.05) is 25.9 Å². The van der Waals surface area contributed by atoms with Crippen molar-refractivity contribution in [1.82, 2.24) is 10.6 Å². The van der Waals surface area contributed by atoms with Gasteiger partial charge in [0.2, 0.25) is 5.91 Å². The molecule has 1 heterocycles. The van der Waals surface area contributed by atoms with E-state index >= 15 is 0 Å². The van der Waals surface area contributed by atoms with E-state index in [4.69, 9.17) is 0 Å². The van der Waals surface area contributed by atoms with Gasteiger partial charge in [0, 0.05) is 12.8 Å². The third-order valence-corrected chi connectivity index (χ3v) is 7.35. The van der Waals surface area contributed by atoms with Crippen LogP contribution in [0.3, 0.4) is 0 Å². The van der Waals surface area contributed by atoms with E-state index in [1.807, 2.05) is 0 Å². The fourth-order valence-electron chi connectivity index (χ4n) is 3.77. The molecular formula is C15H25F3N2O3S. The molecule has 2 unspecified atom stereocenters. The van der Waals surface area contributed by atoms with Crippen LogP contribution in [0.5, 0.6) is 0 Å². The summed E-state index contributed by atoms with van der Waals surface area (Å²) in [5, 5.41) is 5.65. The van der Waals surface area contributed by atoms with E-state index in [0.717, 1.165) is 6.26 Å². The molecule has 0 bridgehead atoms. The van der Waals surface area contributed by atoms with Gasteiger partial charge in [0.05, 0.1) is 5.92 Å². The second kappa shape index (κ2) is 7.19. The number of sulfone groups is 1. The molecule has 0 aromatic heterocycles. The van der Waals surface area contributed by atoms with Gasteiger partial charge in [0.25, 0.3) is 0 Å². The number of alkyl halides is 3. The molecule has 2 N–H and O–H groups in total. The highest BCUT2D eigenvalue weighted by Gasteiger charge is 2.49. The molecule has 1 amide bonds. The molecule has 0 radical (unpaired) electrons. The first kappa shape index (κ1) is 19.5. The summed E-state index contributed by atoms with van der Waals surface area (Å²) >= 11 is 0. The summed E-state index contributed by atoms with van der Waals surface area (Å²) in [4.78, 5) is 12.5. The number of carbonyl (C=O) groups excluding carboxylic acids is 1. The van der Waals surface area contributed by atoms with Gasteiger partial charge in [-0.15, -0.1) is 0 Å². The van der Waals surface area contributed by atoms with Crippen LogP contribution in [0.25, 0.3) is 0 Å². The van der Waals surface area contributed by atoms with Crippen LogP contribution >= 0.6 is 0 Å². The molecule has 0 aromatic rings. The Hall–Kier alpha value is -0.830. The smallest absolute Gasteiger partial charge is 0.354 e. The predicted octanol–water partition coefficient (Wildman–Crippen LogP) is 1.64. The summed E-state index contributed by atoms with van der Waals surface area (Å²) in [6.07, 6.45) is -1.54. The van der Waals surface area contributed by atoms with Gasteiger partial charge in [-0.25, -0.2) is 8.42 Å². The normalized spacial score (nSPS) is 28.3. The van der Waals surface area contributed by atoms with Gasteiger partial charge >= 0.3 is 6.18 Å². The lowest BCUT2D eigenvalue weighted by Gasteiger charge is -2.35. The van der Waals surface area contributed by atoms with E-state index in [2.05, 4.69) is 10.6 Å². The number of carbonyl (C=O) groups is 1. The zero-order valence-corrected chi connectivity index (χ0v) is 14.6. The van der Waals surface area contributed by atoms with Gasteiger partial charge in [-0.2, -0.15) is 13.2 Å². The molecule has 0 aromatic carbocycles. The molecule has 2 fully saturated rings. The lowest BCUT2D eigenvalue weighted by molar-refractivity contribution is -0.185. The van der Waals surface area contributed by atoms with E-state index < -0.39 is 32.6 Å². The van der Waals surface area contributed by atoms with Crippen molar-refractivity contribution in [2.45, 2.75) is 49.4 Å². The largest absolute Gasteiger partial charge is 0.391 e. The molecule has 9 heteroatoms.